The molecule has 2 aromatic rings. The molecule has 7 nitrogen and oxygen atoms in total. The van der Waals surface area contributed by atoms with Crippen molar-refractivity contribution in [2.24, 2.45) is 11.0 Å². The summed E-state index contributed by atoms with van der Waals surface area (Å²) in [6, 6.07) is 13.5. The molecule has 3 aliphatic heterocycles. The average molecular weight is 459 g/mol. The number of ether oxygens (including phenoxy) is 1. The lowest BCUT2D eigenvalue weighted by Crippen LogP contribution is -2.42. The van der Waals surface area contributed by atoms with Crippen LogP contribution in [0.25, 0.3) is 0 Å². The summed E-state index contributed by atoms with van der Waals surface area (Å²) in [5.41, 5.74) is 4.69. The van der Waals surface area contributed by atoms with E-state index in [2.05, 4.69) is 33.5 Å². The van der Waals surface area contributed by atoms with E-state index in [0.717, 1.165) is 49.3 Å². The smallest absolute Gasteiger partial charge is 0.256 e. The topological polar surface area (TPSA) is 74.2 Å². The third-order valence-electron chi connectivity index (χ3n) is 7.42. The number of amides is 2. The molecule has 1 unspecified atom stereocenters. The maximum absolute atomic E-state index is 12.8. The number of anilines is 1. The number of hydrogen-bond acceptors (Lipinski definition) is 5. The van der Waals surface area contributed by atoms with Crippen LogP contribution in [0.5, 0.6) is 5.75 Å². The van der Waals surface area contributed by atoms with Gasteiger partial charge in [0.1, 0.15) is 12.4 Å². The minimum atomic E-state index is -0.134. The van der Waals surface area contributed by atoms with Gasteiger partial charge >= 0.3 is 0 Å². The fraction of sp³-hybridized carbons (Fsp3) is 0.444. The minimum absolute atomic E-state index is 0.0475. The second-order valence-corrected chi connectivity index (χ2v) is 9.84. The number of rotatable bonds is 5. The second-order valence-electron chi connectivity index (χ2n) is 9.84. The summed E-state index contributed by atoms with van der Waals surface area (Å²) in [6.45, 7) is 3.79. The number of carbonyl (C=O) groups excluding carboxylic acids is 2. The van der Waals surface area contributed by atoms with Gasteiger partial charge in [0.25, 0.3) is 11.8 Å². The third kappa shape index (κ3) is 4.09. The van der Waals surface area contributed by atoms with E-state index in [9.17, 15) is 9.59 Å². The van der Waals surface area contributed by atoms with E-state index >= 15 is 0 Å². The molecule has 6 rings (SSSR count). The minimum Gasteiger partial charge on any atom is -0.491 e. The fourth-order valence-electron chi connectivity index (χ4n) is 5.55. The highest BCUT2D eigenvalue weighted by atomic mass is 16.5. The Morgan fingerprint density at radius 1 is 1.09 bits per heavy atom. The number of nitrogens with zero attached hydrogens (tertiary/aromatic N) is 3. The molecule has 3 heterocycles. The van der Waals surface area contributed by atoms with Crippen molar-refractivity contribution in [3.05, 3.63) is 59.2 Å². The van der Waals surface area contributed by atoms with Gasteiger partial charge in [-0.2, -0.15) is 5.10 Å². The first kappa shape index (κ1) is 21.4. The van der Waals surface area contributed by atoms with Crippen LogP contribution in [-0.2, 0) is 17.8 Å². The molecule has 1 saturated carbocycles. The first-order valence-electron chi connectivity index (χ1n) is 12.4. The molecule has 1 saturated heterocycles. The number of fused-ring (bicyclic) bond motifs is 2. The van der Waals surface area contributed by atoms with E-state index in [4.69, 9.17) is 4.74 Å². The SMILES string of the molecule is O=C(N[C@H]1COc2cc(CN3CCCC3)ccc2C1)c1ccc(N2N=C3CCCC3C2=O)cc1. The Balaban J connectivity index is 1.07. The lowest BCUT2D eigenvalue weighted by atomic mass is 10.00. The van der Waals surface area contributed by atoms with Crippen LogP contribution in [0.4, 0.5) is 5.69 Å². The zero-order valence-electron chi connectivity index (χ0n) is 19.3. The first-order valence-corrected chi connectivity index (χ1v) is 12.4. The Bertz CT molecular complexity index is 1140. The first-order chi connectivity index (χ1) is 16.6. The van der Waals surface area contributed by atoms with E-state index in [0.29, 0.717) is 17.9 Å². The summed E-state index contributed by atoms with van der Waals surface area (Å²) in [5.74, 6) is 0.804. The Morgan fingerprint density at radius 3 is 2.71 bits per heavy atom. The molecule has 0 aromatic heterocycles. The molecular weight excluding hydrogens is 428 g/mol. The normalized spacial score (nSPS) is 23.9. The number of nitrogens with one attached hydrogen (secondary N) is 1. The van der Waals surface area contributed by atoms with E-state index < -0.39 is 0 Å². The zero-order valence-corrected chi connectivity index (χ0v) is 19.3. The molecule has 34 heavy (non-hydrogen) atoms. The number of hydrazone groups is 1. The van der Waals surface area contributed by atoms with Crippen molar-refractivity contribution in [2.75, 3.05) is 24.7 Å². The third-order valence-corrected chi connectivity index (χ3v) is 7.42. The van der Waals surface area contributed by atoms with Gasteiger partial charge < -0.3 is 10.1 Å². The zero-order chi connectivity index (χ0) is 23.1. The quantitative estimate of drug-likeness (QED) is 0.744. The molecule has 2 aromatic carbocycles. The summed E-state index contributed by atoms with van der Waals surface area (Å²) in [7, 11) is 0. The molecule has 2 amide bonds. The van der Waals surface area contributed by atoms with Crippen molar-refractivity contribution in [2.45, 2.75) is 51.1 Å². The highest BCUT2D eigenvalue weighted by Gasteiger charge is 2.39. The van der Waals surface area contributed by atoms with Crippen molar-refractivity contribution in [1.29, 1.82) is 0 Å². The van der Waals surface area contributed by atoms with Crippen LogP contribution in [0.15, 0.2) is 47.6 Å². The summed E-state index contributed by atoms with van der Waals surface area (Å²) >= 11 is 0. The van der Waals surface area contributed by atoms with Crippen LogP contribution in [-0.4, -0.2) is 48.2 Å². The van der Waals surface area contributed by atoms with Crippen LogP contribution in [0, 0.1) is 5.92 Å². The molecule has 2 atom stereocenters. The number of hydrogen-bond donors (Lipinski definition) is 1. The molecule has 176 valence electrons. The van der Waals surface area contributed by atoms with Crippen molar-refractivity contribution in [3.63, 3.8) is 0 Å². The molecule has 0 spiro atoms. The van der Waals surface area contributed by atoms with E-state index in [1.54, 1.807) is 24.3 Å². The summed E-state index contributed by atoms with van der Waals surface area (Å²) in [5, 5.41) is 9.10. The van der Waals surface area contributed by atoms with Gasteiger partial charge in [0.2, 0.25) is 0 Å². The maximum Gasteiger partial charge on any atom is 0.256 e. The van der Waals surface area contributed by atoms with Crippen LogP contribution in [0.1, 0.15) is 53.6 Å². The standard InChI is InChI=1S/C27H30N4O3/c32-26(19-8-10-22(11-9-19)31-27(33)23-4-3-5-24(23)29-31)28-21-15-20-7-6-18(14-25(20)34-17-21)16-30-12-1-2-13-30/h6-11,14,21,23H,1-5,12-13,15-17H2,(H,28,32)/t21-,23?/m1/s1. The molecule has 4 aliphatic rings. The summed E-state index contributed by atoms with van der Waals surface area (Å²) in [6.07, 6.45) is 6.16. The van der Waals surface area contributed by atoms with Gasteiger partial charge in [-0.25, -0.2) is 5.01 Å². The van der Waals surface area contributed by atoms with Crippen LogP contribution >= 0.6 is 0 Å². The number of benzene rings is 2. The molecule has 1 N–H and O–H groups in total. The van der Waals surface area contributed by atoms with Crippen molar-refractivity contribution in [3.8, 4) is 5.75 Å². The Labute approximate surface area is 199 Å². The Morgan fingerprint density at radius 2 is 1.91 bits per heavy atom. The van der Waals surface area contributed by atoms with Crippen LogP contribution < -0.4 is 15.1 Å². The molecule has 7 heteroatoms. The van der Waals surface area contributed by atoms with Gasteiger partial charge in [0.05, 0.1) is 23.4 Å². The Kier molecular flexibility index (Phi) is 5.57. The summed E-state index contributed by atoms with van der Waals surface area (Å²) < 4.78 is 6.02. The van der Waals surface area contributed by atoms with Crippen LogP contribution in [0.3, 0.4) is 0 Å². The van der Waals surface area contributed by atoms with E-state index in [1.807, 2.05) is 0 Å². The van der Waals surface area contributed by atoms with Gasteiger partial charge in [-0.15, -0.1) is 0 Å². The predicted molar refractivity (Wildman–Crippen MR) is 130 cm³/mol. The van der Waals surface area contributed by atoms with E-state index in [-0.39, 0.29) is 23.8 Å². The largest absolute Gasteiger partial charge is 0.491 e. The van der Waals surface area contributed by atoms with E-state index in [1.165, 1.54) is 36.5 Å². The molecule has 0 bridgehead atoms. The van der Waals surface area contributed by atoms with Gasteiger partial charge in [-0.3, -0.25) is 14.5 Å². The highest BCUT2D eigenvalue weighted by molar-refractivity contribution is 6.16. The lowest BCUT2D eigenvalue weighted by Gasteiger charge is -2.27. The summed E-state index contributed by atoms with van der Waals surface area (Å²) in [4.78, 5) is 27.9. The van der Waals surface area contributed by atoms with Crippen molar-refractivity contribution in [1.82, 2.24) is 10.2 Å². The molecule has 0 radical (unpaired) electrons. The molecule has 1 aliphatic carbocycles. The molecular formula is C27H30N4O3. The van der Waals surface area contributed by atoms with Crippen LogP contribution in [0.2, 0.25) is 0 Å². The average Bonchev–Trinajstić information content (AvgIpc) is 3.59. The fourth-order valence-corrected chi connectivity index (χ4v) is 5.55. The van der Waals surface area contributed by atoms with Gasteiger partial charge in [0.15, 0.2) is 0 Å². The second kappa shape index (κ2) is 8.87. The number of likely N-dealkylation sites (tertiary alicyclic amines) is 1. The van der Waals surface area contributed by atoms with Gasteiger partial charge in [-0.05, 0) is 93.1 Å². The molecule has 2 fully saturated rings. The van der Waals surface area contributed by atoms with Gasteiger partial charge in [0, 0.05) is 12.1 Å². The highest BCUT2D eigenvalue weighted by Crippen LogP contribution is 2.33. The Hall–Kier alpha value is -3.19. The van der Waals surface area contributed by atoms with Gasteiger partial charge in [-0.1, -0.05) is 12.1 Å². The van der Waals surface area contributed by atoms with Crippen molar-refractivity contribution >= 4 is 23.2 Å². The van der Waals surface area contributed by atoms with Crippen molar-refractivity contribution < 1.29 is 14.3 Å². The number of carbonyl (C=O) groups is 2. The predicted octanol–water partition coefficient (Wildman–Crippen LogP) is 3.52. The maximum atomic E-state index is 12.8. The lowest BCUT2D eigenvalue weighted by molar-refractivity contribution is -0.119. The monoisotopic (exact) mass is 458 g/mol.